The van der Waals surface area contributed by atoms with Gasteiger partial charge in [-0.1, -0.05) is 66.2 Å². The van der Waals surface area contributed by atoms with Crippen molar-refractivity contribution >= 4 is 34.1 Å². The van der Waals surface area contributed by atoms with Crippen LogP contribution in [0.2, 0.25) is 0 Å². The van der Waals surface area contributed by atoms with Crippen molar-refractivity contribution in [2.45, 2.75) is 19.8 Å². The van der Waals surface area contributed by atoms with E-state index >= 15 is 0 Å². The zero-order valence-electron chi connectivity index (χ0n) is 16.0. The molecule has 0 spiro atoms. The molecule has 29 heavy (non-hydrogen) atoms. The predicted octanol–water partition coefficient (Wildman–Crippen LogP) is 5.85. The van der Waals surface area contributed by atoms with Crippen molar-refractivity contribution in [3.63, 3.8) is 0 Å². The van der Waals surface area contributed by atoms with Gasteiger partial charge in [0.05, 0.1) is 22.5 Å². The zero-order chi connectivity index (χ0) is 20.2. The van der Waals surface area contributed by atoms with E-state index in [1.807, 2.05) is 79.7 Å². The van der Waals surface area contributed by atoms with Crippen molar-refractivity contribution in [3.8, 4) is 11.3 Å². The summed E-state index contributed by atoms with van der Waals surface area (Å²) in [5, 5.41) is 5.95. The van der Waals surface area contributed by atoms with Gasteiger partial charge in [-0.15, -0.1) is 0 Å². The number of allylic oxidation sites excluding steroid dienone is 4. The molecular weight excluding hydrogens is 382 g/mol. The Kier molecular flexibility index (Phi) is 5.54. The number of hydrazone groups is 1. The lowest BCUT2D eigenvalue weighted by molar-refractivity contribution is 0.0956. The van der Waals surface area contributed by atoms with E-state index in [1.54, 1.807) is 0 Å². The van der Waals surface area contributed by atoms with Gasteiger partial charge in [0.15, 0.2) is 0 Å². The highest BCUT2D eigenvalue weighted by molar-refractivity contribution is 6.29. The van der Waals surface area contributed by atoms with Gasteiger partial charge in [0.25, 0.3) is 5.91 Å². The molecule has 2 aromatic carbocycles. The molecule has 4 rings (SSSR count). The number of pyridine rings is 1. The van der Waals surface area contributed by atoms with E-state index in [4.69, 9.17) is 16.6 Å². The summed E-state index contributed by atoms with van der Waals surface area (Å²) >= 11 is 6.02. The van der Waals surface area contributed by atoms with E-state index < -0.39 is 0 Å². The molecule has 1 N–H and O–H groups in total. The molecule has 0 aliphatic heterocycles. The first-order chi connectivity index (χ1) is 14.1. The van der Waals surface area contributed by atoms with Crippen LogP contribution in [0.15, 0.2) is 88.5 Å². The number of nitrogens with zero attached hydrogens (tertiary/aromatic N) is 2. The van der Waals surface area contributed by atoms with Crippen LogP contribution in [0.5, 0.6) is 0 Å². The van der Waals surface area contributed by atoms with Gasteiger partial charge in [0.1, 0.15) is 0 Å². The summed E-state index contributed by atoms with van der Waals surface area (Å²) in [6, 6.07) is 19.3. The van der Waals surface area contributed by atoms with Crippen LogP contribution in [-0.4, -0.2) is 16.6 Å². The summed E-state index contributed by atoms with van der Waals surface area (Å²) in [6.45, 7) is 1.89. The zero-order valence-corrected chi connectivity index (χ0v) is 16.8. The fourth-order valence-electron chi connectivity index (χ4n) is 3.30. The molecular formula is C24H20ClN3O. The fourth-order valence-corrected chi connectivity index (χ4v) is 3.46. The molecule has 4 nitrogen and oxygen atoms in total. The van der Waals surface area contributed by atoms with Crippen LogP contribution in [-0.2, 0) is 0 Å². The number of aromatic nitrogens is 1. The lowest BCUT2D eigenvalue weighted by atomic mass is 10.0. The molecule has 0 unspecified atom stereocenters. The van der Waals surface area contributed by atoms with Crippen molar-refractivity contribution in [1.29, 1.82) is 0 Å². The van der Waals surface area contributed by atoms with Crippen LogP contribution in [0.3, 0.4) is 0 Å². The monoisotopic (exact) mass is 401 g/mol. The first kappa shape index (κ1) is 19.1. The van der Waals surface area contributed by atoms with Gasteiger partial charge in [0.2, 0.25) is 0 Å². The highest BCUT2D eigenvalue weighted by Gasteiger charge is 2.14. The van der Waals surface area contributed by atoms with Crippen LogP contribution < -0.4 is 5.43 Å². The number of hydrogen-bond donors (Lipinski definition) is 1. The number of benzene rings is 2. The molecule has 3 aromatic rings. The van der Waals surface area contributed by atoms with Crippen LogP contribution in [0.4, 0.5) is 0 Å². The Morgan fingerprint density at radius 2 is 1.79 bits per heavy atom. The number of nitrogens with one attached hydrogen (secondary N) is 1. The smallest absolute Gasteiger partial charge is 0.267 e. The van der Waals surface area contributed by atoms with E-state index in [-0.39, 0.29) is 5.91 Å². The summed E-state index contributed by atoms with van der Waals surface area (Å²) in [5.41, 5.74) is 7.59. The minimum Gasteiger partial charge on any atom is -0.267 e. The van der Waals surface area contributed by atoms with Gasteiger partial charge in [-0.3, -0.25) is 4.79 Å². The Hall–Kier alpha value is -3.24. The Balaban J connectivity index is 1.67. The molecule has 0 saturated carbocycles. The van der Waals surface area contributed by atoms with Crippen LogP contribution >= 0.6 is 11.6 Å². The molecule has 0 saturated heterocycles. The topological polar surface area (TPSA) is 54.4 Å². The maximum Gasteiger partial charge on any atom is 0.272 e. The number of carbonyl (C=O) groups excluding carboxylic acids is 1. The van der Waals surface area contributed by atoms with Crippen molar-refractivity contribution in [2.24, 2.45) is 5.10 Å². The normalized spacial score (nSPS) is 14.3. The van der Waals surface area contributed by atoms with Crippen molar-refractivity contribution in [3.05, 3.63) is 89.0 Å². The quantitative estimate of drug-likeness (QED) is 0.440. The Morgan fingerprint density at radius 1 is 1.03 bits per heavy atom. The van der Waals surface area contributed by atoms with E-state index in [0.29, 0.717) is 5.56 Å². The maximum absolute atomic E-state index is 13.0. The summed E-state index contributed by atoms with van der Waals surface area (Å²) < 4.78 is 0. The van der Waals surface area contributed by atoms with Crippen LogP contribution in [0.25, 0.3) is 22.2 Å². The standard InChI is InChI=1S/C24H20ClN3O/c1-16(17-11-13-19(25)14-12-17)27-28-24(29)21-15-23(18-7-3-2-4-8-18)26-22-10-6-5-9-20(21)22/h2-11,13,15H,12,14H2,1H3,(H,28,29)/b27-16-. The average Bonchev–Trinajstić information content (AvgIpc) is 2.77. The van der Waals surface area contributed by atoms with Crippen LogP contribution in [0.1, 0.15) is 30.1 Å². The molecule has 1 amide bonds. The Morgan fingerprint density at radius 3 is 2.55 bits per heavy atom. The minimum absolute atomic E-state index is 0.259. The van der Waals surface area contributed by atoms with Crippen molar-refractivity contribution in [1.82, 2.24) is 10.4 Å². The second-order valence-corrected chi connectivity index (χ2v) is 7.37. The third-order valence-corrected chi connectivity index (χ3v) is 5.23. The molecule has 1 aliphatic rings. The largest absolute Gasteiger partial charge is 0.272 e. The van der Waals surface area contributed by atoms with Gasteiger partial charge in [-0.2, -0.15) is 5.10 Å². The number of para-hydroxylation sites is 1. The SMILES string of the molecule is C/C(=N/NC(=O)c1cc(-c2ccccc2)nc2ccccc12)C1=CC=C(Cl)CC1. The molecule has 1 heterocycles. The molecule has 1 aromatic heterocycles. The van der Waals surface area contributed by atoms with Gasteiger partial charge >= 0.3 is 0 Å². The van der Waals surface area contributed by atoms with Crippen molar-refractivity contribution in [2.75, 3.05) is 0 Å². The fraction of sp³-hybridized carbons (Fsp3) is 0.125. The predicted molar refractivity (Wildman–Crippen MR) is 119 cm³/mol. The number of hydrogen-bond acceptors (Lipinski definition) is 3. The first-order valence-corrected chi connectivity index (χ1v) is 9.85. The minimum atomic E-state index is -0.259. The number of halogens is 1. The molecule has 144 valence electrons. The lowest BCUT2D eigenvalue weighted by Gasteiger charge is -2.12. The second kappa shape index (κ2) is 8.41. The molecule has 0 radical (unpaired) electrons. The number of amides is 1. The van der Waals surface area contributed by atoms with E-state index in [9.17, 15) is 4.79 Å². The third kappa shape index (κ3) is 4.28. The third-order valence-electron chi connectivity index (χ3n) is 4.92. The summed E-state index contributed by atoms with van der Waals surface area (Å²) in [7, 11) is 0. The highest BCUT2D eigenvalue weighted by atomic mass is 35.5. The number of fused-ring (bicyclic) bond motifs is 1. The van der Waals surface area contributed by atoms with Gasteiger partial charge in [-0.25, -0.2) is 10.4 Å². The molecule has 0 bridgehead atoms. The second-order valence-electron chi connectivity index (χ2n) is 6.88. The highest BCUT2D eigenvalue weighted by Crippen LogP contribution is 2.25. The maximum atomic E-state index is 13.0. The number of carbonyl (C=O) groups is 1. The first-order valence-electron chi connectivity index (χ1n) is 9.47. The Labute approximate surface area is 174 Å². The Bertz CT molecular complexity index is 1160. The van der Waals surface area contributed by atoms with Gasteiger partial charge in [0, 0.05) is 16.0 Å². The molecule has 0 fully saturated rings. The molecule has 1 aliphatic carbocycles. The van der Waals surface area contributed by atoms with Gasteiger partial charge < -0.3 is 0 Å². The summed E-state index contributed by atoms with van der Waals surface area (Å²) in [6.07, 6.45) is 5.44. The molecule has 0 atom stereocenters. The van der Waals surface area contributed by atoms with E-state index in [1.165, 1.54) is 0 Å². The van der Waals surface area contributed by atoms with Crippen LogP contribution in [0, 0.1) is 0 Å². The molecule has 5 heteroatoms. The number of rotatable bonds is 4. The van der Waals surface area contributed by atoms with Crippen molar-refractivity contribution < 1.29 is 4.79 Å². The average molecular weight is 402 g/mol. The summed E-state index contributed by atoms with van der Waals surface area (Å²) in [5.74, 6) is -0.259. The van der Waals surface area contributed by atoms with E-state index in [2.05, 4.69) is 10.5 Å². The van der Waals surface area contributed by atoms with E-state index in [0.717, 1.165) is 51.3 Å². The van der Waals surface area contributed by atoms with Gasteiger partial charge in [-0.05, 0) is 43.5 Å². The lowest BCUT2D eigenvalue weighted by Crippen LogP contribution is -2.20. The summed E-state index contributed by atoms with van der Waals surface area (Å²) in [4.78, 5) is 17.7.